The summed E-state index contributed by atoms with van der Waals surface area (Å²) in [5, 5.41) is 2.84. The molecule has 1 N–H and O–H groups in total. The van der Waals surface area contributed by atoms with E-state index in [0.717, 1.165) is 5.56 Å². The van der Waals surface area contributed by atoms with E-state index >= 15 is 0 Å². The Labute approximate surface area is 79.7 Å². The lowest BCUT2D eigenvalue weighted by atomic mass is 10.2. The summed E-state index contributed by atoms with van der Waals surface area (Å²) in [6.45, 7) is 0.509. The average molecular weight is 205 g/mol. The van der Waals surface area contributed by atoms with Crippen molar-refractivity contribution in [3.63, 3.8) is 0 Å². The molecule has 2 nitrogen and oxygen atoms in total. The molecule has 0 aliphatic rings. The SMILES string of the molecule is CNCc1cccc(OC(F)(F)F)c1. The Hall–Kier alpha value is -1.23. The predicted molar refractivity (Wildman–Crippen MR) is 45.9 cm³/mol. The van der Waals surface area contributed by atoms with Gasteiger partial charge in [-0.1, -0.05) is 12.1 Å². The van der Waals surface area contributed by atoms with Crippen molar-refractivity contribution in [2.24, 2.45) is 0 Å². The van der Waals surface area contributed by atoms with Crippen LogP contribution in [0.3, 0.4) is 0 Å². The van der Waals surface area contributed by atoms with Gasteiger partial charge in [0.25, 0.3) is 0 Å². The Kier molecular flexibility index (Phi) is 3.35. The van der Waals surface area contributed by atoms with Gasteiger partial charge in [0, 0.05) is 6.54 Å². The summed E-state index contributed by atoms with van der Waals surface area (Å²) in [7, 11) is 1.72. The number of benzene rings is 1. The minimum atomic E-state index is -4.63. The second-order valence-electron chi connectivity index (χ2n) is 2.73. The minimum Gasteiger partial charge on any atom is -0.406 e. The van der Waals surface area contributed by atoms with E-state index < -0.39 is 6.36 Å². The topological polar surface area (TPSA) is 21.3 Å². The molecule has 0 saturated carbocycles. The van der Waals surface area contributed by atoms with E-state index in [1.165, 1.54) is 18.2 Å². The van der Waals surface area contributed by atoms with Gasteiger partial charge in [-0.25, -0.2) is 0 Å². The molecule has 0 unspecified atom stereocenters. The van der Waals surface area contributed by atoms with E-state index in [4.69, 9.17) is 0 Å². The minimum absolute atomic E-state index is 0.190. The monoisotopic (exact) mass is 205 g/mol. The molecule has 14 heavy (non-hydrogen) atoms. The van der Waals surface area contributed by atoms with Crippen LogP contribution in [0.5, 0.6) is 5.75 Å². The molecule has 1 aromatic carbocycles. The summed E-state index contributed by atoms with van der Waals surface area (Å²) < 4.78 is 39.2. The van der Waals surface area contributed by atoms with Crippen LogP contribution in [-0.4, -0.2) is 13.4 Å². The number of rotatable bonds is 3. The highest BCUT2D eigenvalue weighted by Crippen LogP contribution is 2.23. The van der Waals surface area contributed by atoms with Crippen LogP contribution in [0, 0.1) is 0 Å². The molecule has 0 saturated heterocycles. The first kappa shape index (κ1) is 10.8. The molecule has 0 aromatic heterocycles. The molecule has 0 atom stereocenters. The summed E-state index contributed by atoms with van der Waals surface area (Å²) in [6.07, 6.45) is -4.63. The molecule has 0 spiro atoms. The Balaban J connectivity index is 2.73. The molecule has 0 heterocycles. The van der Waals surface area contributed by atoms with Crippen molar-refractivity contribution in [2.45, 2.75) is 12.9 Å². The van der Waals surface area contributed by atoms with E-state index in [1.807, 2.05) is 0 Å². The van der Waals surface area contributed by atoms with Crippen LogP contribution in [0.15, 0.2) is 24.3 Å². The maximum Gasteiger partial charge on any atom is 0.573 e. The Morgan fingerprint density at radius 1 is 1.36 bits per heavy atom. The normalized spacial score (nSPS) is 11.4. The zero-order valence-electron chi connectivity index (χ0n) is 7.56. The summed E-state index contributed by atoms with van der Waals surface area (Å²) in [5.41, 5.74) is 0.745. The second kappa shape index (κ2) is 4.32. The quantitative estimate of drug-likeness (QED) is 0.817. The third-order valence-electron chi connectivity index (χ3n) is 1.51. The molecule has 0 amide bonds. The number of nitrogens with one attached hydrogen (secondary N) is 1. The predicted octanol–water partition coefficient (Wildman–Crippen LogP) is 2.30. The maximum absolute atomic E-state index is 11.8. The number of hydrogen-bond donors (Lipinski definition) is 1. The zero-order chi connectivity index (χ0) is 10.6. The van der Waals surface area contributed by atoms with Crippen LogP contribution < -0.4 is 10.1 Å². The van der Waals surface area contributed by atoms with Crippen molar-refractivity contribution < 1.29 is 17.9 Å². The average Bonchev–Trinajstić information content (AvgIpc) is 2.02. The van der Waals surface area contributed by atoms with Crippen LogP contribution in [0.25, 0.3) is 0 Å². The number of ether oxygens (including phenoxy) is 1. The summed E-state index contributed by atoms with van der Waals surface area (Å²) >= 11 is 0. The molecular weight excluding hydrogens is 195 g/mol. The first-order valence-electron chi connectivity index (χ1n) is 4.00. The van der Waals surface area contributed by atoms with Gasteiger partial charge in [0.1, 0.15) is 5.75 Å². The number of halogens is 3. The third kappa shape index (κ3) is 3.66. The zero-order valence-corrected chi connectivity index (χ0v) is 7.56. The molecule has 0 radical (unpaired) electrons. The molecule has 1 aromatic rings. The van der Waals surface area contributed by atoms with Crippen LogP contribution in [0.2, 0.25) is 0 Å². The lowest BCUT2D eigenvalue weighted by Gasteiger charge is -2.09. The Morgan fingerprint density at radius 2 is 2.07 bits per heavy atom. The largest absolute Gasteiger partial charge is 0.573 e. The second-order valence-corrected chi connectivity index (χ2v) is 2.73. The standard InChI is InChI=1S/C9H10F3NO/c1-13-6-7-3-2-4-8(5-7)14-9(10,11)12/h2-5,13H,6H2,1H3. The third-order valence-corrected chi connectivity index (χ3v) is 1.51. The highest BCUT2D eigenvalue weighted by atomic mass is 19.4. The fourth-order valence-corrected chi connectivity index (χ4v) is 1.06. The molecule has 0 fully saturated rings. The van der Waals surface area contributed by atoms with Crippen molar-refractivity contribution >= 4 is 0 Å². The Morgan fingerprint density at radius 3 is 2.64 bits per heavy atom. The van der Waals surface area contributed by atoms with Crippen LogP contribution in [0.1, 0.15) is 5.56 Å². The van der Waals surface area contributed by atoms with Crippen molar-refractivity contribution in [1.29, 1.82) is 0 Å². The first-order chi connectivity index (χ1) is 6.51. The molecule has 78 valence electrons. The summed E-state index contributed by atoms with van der Waals surface area (Å²) in [4.78, 5) is 0. The first-order valence-corrected chi connectivity index (χ1v) is 4.00. The van der Waals surface area contributed by atoms with Crippen molar-refractivity contribution in [3.05, 3.63) is 29.8 Å². The van der Waals surface area contributed by atoms with E-state index in [1.54, 1.807) is 13.1 Å². The van der Waals surface area contributed by atoms with Crippen molar-refractivity contribution in [1.82, 2.24) is 5.32 Å². The molecule has 0 aliphatic carbocycles. The van der Waals surface area contributed by atoms with Crippen LogP contribution in [-0.2, 0) is 6.54 Å². The van der Waals surface area contributed by atoms with Gasteiger partial charge in [0.15, 0.2) is 0 Å². The lowest BCUT2D eigenvalue weighted by molar-refractivity contribution is -0.274. The maximum atomic E-state index is 11.8. The Bertz CT molecular complexity index is 298. The number of alkyl halides is 3. The molecular formula is C9H10F3NO. The van der Waals surface area contributed by atoms with E-state index in [-0.39, 0.29) is 5.75 Å². The van der Waals surface area contributed by atoms with E-state index in [2.05, 4.69) is 10.1 Å². The molecule has 1 rings (SSSR count). The molecule has 0 aliphatic heterocycles. The van der Waals surface area contributed by atoms with Gasteiger partial charge < -0.3 is 10.1 Å². The smallest absolute Gasteiger partial charge is 0.406 e. The number of hydrogen-bond acceptors (Lipinski definition) is 2. The fraction of sp³-hybridized carbons (Fsp3) is 0.333. The van der Waals surface area contributed by atoms with E-state index in [0.29, 0.717) is 6.54 Å². The van der Waals surface area contributed by atoms with E-state index in [9.17, 15) is 13.2 Å². The lowest BCUT2D eigenvalue weighted by Crippen LogP contribution is -2.17. The van der Waals surface area contributed by atoms with Crippen molar-refractivity contribution in [2.75, 3.05) is 7.05 Å². The van der Waals surface area contributed by atoms with Gasteiger partial charge in [0.2, 0.25) is 0 Å². The van der Waals surface area contributed by atoms with Gasteiger partial charge >= 0.3 is 6.36 Å². The van der Waals surface area contributed by atoms with Gasteiger partial charge in [-0.05, 0) is 24.7 Å². The van der Waals surface area contributed by atoms with Gasteiger partial charge in [-0.3, -0.25) is 0 Å². The molecule has 0 bridgehead atoms. The summed E-state index contributed by atoms with van der Waals surface area (Å²) in [6, 6.07) is 5.87. The molecule has 5 heteroatoms. The van der Waals surface area contributed by atoms with Crippen molar-refractivity contribution in [3.8, 4) is 5.75 Å². The van der Waals surface area contributed by atoms with Crippen LogP contribution >= 0.6 is 0 Å². The highest BCUT2D eigenvalue weighted by Gasteiger charge is 2.30. The highest BCUT2D eigenvalue weighted by molar-refractivity contribution is 5.28. The van der Waals surface area contributed by atoms with Gasteiger partial charge in [-0.2, -0.15) is 0 Å². The fourth-order valence-electron chi connectivity index (χ4n) is 1.06. The van der Waals surface area contributed by atoms with Crippen LogP contribution in [0.4, 0.5) is 13.2 Å². The van der Waals surface area contributed by atoms with Gasteiger partial charge in [0.05, 0.1) is 0 Å². The van der Waals surface area contributed by atoms with Gasteiger partial charge in [-0.15, -0.1) is 13.2 Å². The summed E-state index contributed by atoms with van der Waals surface area (Å²) in [5.74, 6) is -0.190.